The number of methoxy groups -OCH3 is 2. The van der Waals surface area contributed by atoms with Crippen LogP contribution >= 0.6 is 0 Å². The molecule has 0 amide bonds. The summed E-state index contributed by atoms with van der Waals surface area (Å²) in [5.74, 6) is 1.49. The minimum absolute atomic E-state index is 0.744. The lowest BCUT2D eigenvalue weighted by atomic mass is 10.2. The summed E-state index contributed by atoms with van der Waals surface area (Å²) >= 11 is 0. The van der Waals surface area contributed by atoms with Crippen molar-refractivity contribution in [3.05, 3.63) is 36.2 Å². The molecular weight excluding hydrogens is 244 g/mol. The van der Waals surface area contributed by atoms with Crippen molar-refractivity contribution in [3.8, 4) is 11.5 Å². The molecule has 102 valence electrons. The number of rotatable bonds is 7. The first-order chi connectivity index (χ1) is 9.33. The van der Waals surface area contributed by atoms with E-state index in [2.05, 4.69) is 15.6 Å². The van der Waals surface area contributed by atoms with E-state index in [9.17, 15) is 0 Å². The van der Waals surface area contributed by atoms with Gasteiger partial charge in [0.15, 0.2) is 11.5 Å². The van der Waals surface area contributed by atoms with Gasteiger partial charge in [-0.1, -0.05) is 11.3 Å². The molecule has 2 aromatic rings. The van der Waals surface area contributed by atoms with Crippen molar-refractivity contribution in [2.75, 3.05) is 20.8 Å². The molecule has 0 radical (unpaired) electrons. The van der Waals surface area contributed by atoms with Crippen LogP contribution < -0.4 is 14.8 Å². The van der Waals surface area contributed by atoms with Crippen LogP contribution in [-0.4, -0.2) is 35.8 Å². The highest BCUT2D eigenvalue weighted by molar-refractivity contribution is 5.42. The Hall–Kier alpha value is -2.08. The molecule has 0 saturated heterocycles. The lowest BCUT2D eigenvalue weighted by Gasteiger charge is -2.10. The van der Waals surface area contributed by atoms with Gasteiger partial charge >= 0.3 is 0 Å². The van der Waals surface area contributed by atoms with E-state index in [-0.39, 0.29) is 0 Å². The third-order valence-corrected chi connectivity index (χ3v) is 2.77. The highest BCUT2D eigenvalue weighted by Gasteiger charge is 2.04. The van der Waals surface area contributed by atoms with Crippen molar-refractivity contribution in [3.63, 3.8) is 0 Å². The van der Waals surface area contributed by atoms with E-state index >= 15 is 0 Å². The molecule has 0 fully saturated rings. The minimum atomic E-state index is 0.744. The van der Waals surface area contributed by atoms with Crippen LogP contribution in [0.4, 0.5) is 0 Å². The van der Waals surface area contributed by atoms with E-state index in [4.69, 9.17) is 9.47 Å². The Morgan fingerprint density at radius 2 is 2.05 bits per heavy atom. The summed E-state index contributed by atoms with van der Waals surface area (Å²) in [5, 5.41) is 11.0. The molecule has 0 spiro atoms. The third-order valence-electron chi connectivity index (χ3n) is 2.77. The zero-order valence-electron chi connectivity index (χ0n) is 11.2. The molecule has 6 heteroatoms. The van der Waals surface area contributed by atoms with Crippen LogP contribution in [0.3, 0.4) is 0 Å². The summed E-state index contributed by atoms with van der Waals surface area (Å²) in [5.41, 5.74) is 1.15. The molecule has 1 heterocycles. The first kappa shape index (κ1) is 13.4. The van der Waals surface area contributed by atoms with Gasteiger partial charge in [-0.15, -0.1) is 5.10 Å². The maximum Gasteiger partial charge on any atom is 0.161 e. The zero-order valence-corrected chi connectivity index (χ0v) is 11.2. The van der Waals surface area contributed by atoms with Gasteiger partial charge in [0.1, 0.15) is 0 Å². The molecule has 19 heavy (non-hydrogen) atoms. The van der Waals surface area contributed by atoms with Gasteiger partial charge in [-0.25, -0.2) is 0 Å². The molecule has 0 unspecified atom stereocenters. The number of hydrogen-bond acceptors (Lipinski definition) is 5. The van der Waals surface area contributed by atoms with Crippen molar-refractivity contribution in [2.45, 2.75) is 13.1 Å². The van der Waals surface area contributed by atoms with Crippen molar-refractivity contribution >= 4 is 0 Å². The second kappa shape index (κ2) is 6.75. The molecule has 0 bridgehead atoms. The van der Waals surface area contributed by atoms with Gasteiger partial charge in [0.05, 0.1) is 27.0 Å². The summed E-state index contributed by atoms with van der Waals surface area (Å²) in [7, 11) is 3.27. The maximum atomic E-state index is 5.27. The van der Waals surface area contributed by atoms with Gasteiger partial charge in [0, 0.05) is 19.3 Å². The molecule has 1 aromatic carbocycles. The lowest BCUT2D eigenvalue weighted by Crippen LogP contribution is -2.19. The Balaban J connectivity index is 1.82. The second-order valence-electron chi connectivity index (χ2n) is 4.03. The van der Waals surface area contributed by atoms with Gasteiger partial charge in [-0.05, 0) is 17.7 Å². The molecular formula is C13H18N4O2. The van der Waals surface area contributed by atoms with Crippen LogP contribution in [0, 0.1) is 0 Å². The number of aromatic nitrogens is 3. The van der Waals surface area contributed by atoms with Crippen LogP contribution in [0.5, 0.6) is 11.5 Å². The van der Waals surface area contributed by atoms with E-state index in [1.165, 1.54) is 0 Å². The standard InChI is InChI=1S/C13H18N4O2/c1-18-12-4-3-11(9-13(12)19-2)10-14-5-7-17-8-6-15-16-17/h3-4,6,8-9,14H,5,7,10H2,1-2H3. The van der Waals surface area contributed by atoms with Crippen molar-refractivity contribution in [1.29, 1.82) is 0 Å². The van der Waals surface area contributed by atoms with Crippen LogP contribution in [-0.2, 0) is 13.1 Å². The second-order valence-corrected chi connectivity index (χ2v) is 4.03. The molecule has 0 atom stereocenters. The predicted molar refractivity (Wildman–Crippen MR) is 71.3 cm³/mol. The molecule has 6 nitrogen and oxygen atoms in total. The number of nitrogens with one attached hydrogen (secondary N) is 1. The van der Waals surface area contributed by atoms with E-state index in [0.29, 0.717) is 0 Å². The smallest absolute Gasteiger partial charge is 0.161 e. The van der Waals surface area contributed by atoms with Gasteiger partial charge in [0.25, 0.3) is 0 Å². The van der Waals surface area contributed by atoms with E-state index < -0.39 is 0 Å². The number of hydrogen-bond donors (Lipinski definition) is 1. The summed E-state index contributed by atoms with van der Waals surface area (Å²) in [4.78, 5) is 0. The average molecular weight is 262 g/mol. The lowest BCUT2D eigenvalue weighted by molar-refractivity contribution is 0.354. The van der Waals surface area contributed by atoms with E-state index in [1.807, 2.05) is 24.4 Å². The molecule has 2 rings (SSSR count). The quantitative estimate of drug-likeness (QED) is 0.757. The van der Waals surface area contributed by atoms with Crippen LogP contribution in [0.2, 0.25) is 0 Å². The summed E-state index contributed by atoms with van der Waals surface area (Å²) in [6, 6.07) is 5.90. The summed E-state index contributed by atoms with van der Waals surface area (Å²) in [6.45, 7) is 2.40. The first-order valence-corrected chi connectivity index (χ1v) is 6.09. The molecule has 1 N–H and O–H groups in total. The molecule has 0 aliphatic carbocycles. The summed E-state index contributed by atoms with van der Waals surface area (Å²) < 4.78 is 12.3. The SMILES string of the molecule is COc1ccc(CNCCn2ccnn2)cc1OC. The van der Waals surface area contributed by atoms with Crippen molar-refractivity contribution in [1.82, 2.24) is 20.3 Å². The highest BCUT2D eigenvalue weighted by atomic mass is 16.5. The molecule has 1 aromatic heterocycles. The number of ether oxygens (including phenoxy) is 2. The highest BCUT2D eigenvalue weighted by Crippen LogP contribution is 2.27. The van der Waals surface area contributed by atoms with Gasteiger partial charge in [-0.2, -0.15) is 0 Å². The van der Waals surface area contributed by atoms with E-state index in [0.717, 1.165) is 36.7 Å². The Labute approximate surface area is 112 Å². The Morgan fingerprint density at radius 1 is 1.21 bits per heavy atom. The Morgan fingerprint density at radius 3 is 2.74 bits per heavy atom. The predicted octanol–water partition coefficient (Wildman–Crippen LogP) is 1.09. The third kappa shape index (κ3) is 3.69. The topological polar surface area (TPSA) is 61.2 Å². The Bertz CT molecular complexity index is 499. The molecule has 0 saturated carbocycles. The number of benzene rings is 1. The minimum Gasteiger partial charge on any atom is -0.493 e. The maximum absolute atomic E-state index is 5.27. The van der Waals surface area contributed by atoms with Crippen LogP contribution in [0.25, 0.3) is 0 Å². The van der Waals surface area contributed by atoms with Crippen LogP contribution in [0.15, 0.2) is 30.6 Å². The monoisotopic (exact) mass is 262 g/mol. The fourth-order valence-electron chi connectivity index (χ4n) is 1.77. The van der Waals surface area contributed by atoms with E-state index in [1.54, 1.807) is 25.1 Å². The first-order valence-electron chi connectivity index (χ1n) is 6.09. The fraction of sp³-hybridized carbons (Fsp3) is 0.385. The summed E-state index contributed by atoms with van der Waals surface area (Å²) in [6.07, 6.45) is 3.52. The fourth-order valence-corrected chi connectivity index (χ4v) is 1.77. The normalized spacial score (nSPS) is 10.4. The van der Waals surface area contributed by atoms with Gasteiger partial charge < -0.3 is 14.8 Å². The molecule has 0 aliphatic heterocycles. The van der Waals surface area contributed by atoms with Crippen LogP contribution in [0.1, 0.15) is 5.56 Å². The average Bonchev–Trinajstić information content (AvgIpc) is 2.96. The number of nitrogens with zero attached hydrogens (tertiary/aromatic N) is 3. The van der Waals surface area contributed by atoms with Gasteiger partial charge in [0.2, 0.25) is 0 Å². The Kier molecular flexibility index (Phi) is 4.74. The largest absolute Gasteiger partial charge is 0.493 e. The van der Waals surface area contributed by atoms with Gasteiger partial charge in [-0.3, -0.25) is 4.68 Å². The van der Waals surface area contributed by atoms with Crippen molar-refractivity contribution < 1.29 is 9.47 Å². The zero-order chi connectivity index (χ0) is 13.5. The molecule has 0 aliphatic rings. The van der Waals surface area contributed by atoms with Crippen molar-refractivity contribution in [2.24, 2.45) is 0 Å².